The van der Waals surface area contributed by atoms with Crippen molar-refractivity contribution in [3.63, 3.8) is 0 Å². The average Bonchev–Trinajstić information content (AvgIpc) is 2.63. The van der Waals surface area contributed by atoms with Gasteiger partial charge in [0.2, 0.25) is 5.91 Å². The Kier molecular flexibility index (Phi) is 8.21. The van der Waals surface area contributed by atoms with E-state index in [-0.39, 0.29) is 12.3 Å². The van der Waals surface area contributed by atoms with Crippen LogP contribution in [0.2, 0.25) is 0 Å². The number of nitrogens with one attached hydrogen (secondary N) is 1. The maximum Gasteiger partial charge on any atom is 0.341 e. The molecule has 0 fully saturated rings. The van der Waals surface area contributed by atoms with E-state index in [1.807, 2.05) is 39.0 Å². The molecule has 0 aromatic heterocycles. The normalized spacial score (nSPS) is 10.8. The van der Waals surface area contributed by atoms with Gasteiger partial charge in [-0.3, -0.25) is 4.79 Å². The number of nitrogens with zero attached hydrogens (tertiary/aromatic N) is 1. The zero-order valence-corrected chi connectivity index (χ0v) is 18.1. The van der Waals surface area contributed by atoms with E-state index in [1.54, 1.807) is 12.1 Å². The number of ether oxygens (including phenoxy) is 2. The Labute approximate surface area is 177 Å². The summed E-state index contributed by atoms with van der Waals surface area (Å²) in [4.78, 5) is 22.9. The number of aryl methyl sites for hydroxylation is 2. The molecule has 2 aromatic rings. The fourth-order valence-electron chi connectivity index (χ4n) is 2.63. The van der Waals surface area contributed by atoms with Crippen molar-refractivity contribution in [1.82, 2.24) is 5.43 Å². The molecule has 0 saturated heterocycles. The van der Waals surface area contributed by atoms with Crippen LogP contribution in [-0.2, 0) is 16.0 Å². The minimum Gasteiger partial charge on any atom is -0.490 e. The Balaban J connectivity index is 2.07. The third-order valence-corrected chi connectivity index (χ3v) is 4.51. The van der Waals surface area contributed by atoms with Crippen molar-refractivity contribution in [3.05, 3.63) is 57.1 Å². The van der Waals surface area contributed by atoms with Crippen molar-refractivity contribution in [2.75, 3.05) is 13.2 Å². The molecule has 29 heavy (non-hydrogen) atoms. The van der Waals surface area contributed by atoms with Crippen LogP contribution in [0.5, 0.6) is 11.5 Å². The van der Waals surface area contributed by atoms with Crippen LogP contribution in [-0.4, -0.2) is 36.4 Å². The van der Waals surface area contributed by atoms with E-state index in [0.717, 1.165) is 16.7 Å². The van der Waals surface area contributed by atoms with Gasteiger partial charge < -0.3 is 14.6 Å². The Morgan fingerprint density at radius 1 is 1.21 bits per heavy atom. The molecule has 0 bridgehead atoms. The largest absolute Gasteiger partial charge is 0.490 e. The van der Waals surface area contributed by atoms with Crippen molar-refractivity contribution >= 4 is 34.0 Å². The molecule has 2 rings (SSSR count). The molecule has 0 spiro atoms. The number of aliphatic carboxylic acids is 1. The van der Waals surface area contributed by atoms with E-state index in [2.05, 4.69) is 26.5 Å². The average molecular weight is 463 g/mol. The highest BCUT2D eigenvalue weighted by Gasteiger charge is 2.13. The lowest BCUT2D eigenvalue weighted by molar-refractivity contribution is -0.139. The van der Waals surface area contributed by atoms with Crippen LogP contribution < -0.4 is 14.9 Å². The number of carboxylic acids is 1. The molecule has 0 radical (unpaired) electrons. The summed E-state index contributed by atoms with van der Waals surface area (Å²) < 4.78 is 11.3. The van der Waals surface area contributed by atoms with Gasteiger partial charge >= 0.3 is 5.97 Å². The Morgan fingerprint density at radius 3 is 2.62 bits per heavy atom. The van der Waals surface area contributed by atoms with Gasteiger partial charge in [0.15, 0.2) is 18.1 Å². The van der Waals surface area contributed by atoms with E-state index in [9.17, 15) is 9.59 Å². The van der Waals surface area contributed by atoms with Gasteiger partial charge in [-0.1, -0.05) is 23.8 Å². The van der Waals surface area contributed by atoms with Gasteiger partial charge in [0, 0.05) is 0 Å². The molecule has 0 aliphatic carbocycles. The third kappa shape index (κ3) is 6.90. The molecule has 0 saturated carbocycles. The summed E-state index contributed by atoms with van der Waals surface area (Å²) in [6, 6.07) is 9.30. The number of carboxylic acid groups (broad SMARTS) is 1. The summed E-state index contributed by atoms with van der Waals surface area (Å²) in [7, 11) is 0. The van der Waals surface area contributed by atoms with Crippen LogP contribution in [0.25, 0.3) is 0 Å². The summed E-state index contributed by atoms with van der Waals surface area (Å²) >= 11 is 3.35. The van der Waals surface area contributed by atoms with Gasteiger partial charge in [-0.2, -0.15) is 5.10 Å². The van der Waals surface area contributed by atoms with Crippen LogP contribution in [0.4, 0.5) is 0 Å². The second-order valence-corrected chi connectivity index (χ2v) is 7.20. The van der Waals surface area contributed by atoms with Crippen LogP contribution in [0, 0.1) is 13.8 Å². The number of hydrogen-bond acceptors (Lipinski definition) is 5. The Bertz CT molecular complexity index is 928. The van der Waals surface area contributed by atoms with Gasteiger partial charge in [-0.25, -0.2) is 10.2 Å². The Morgan fingerprint density at radius 2 is 1.97 bits per heavy atom. The van der Waals surface area contributed by atoms with Crippen molar-refractivity contribution in [2.24, 2.45) is 5.10 Å². The smallest absolute Gasteiger partial charge is 0.341 e. The van der Waals surface area contributed by atoms with Gasteiger partial charge in [0.05, 0.1) is 23.7 Å². The number of benzene rings is 2. The first-order valence-electron chi connectivity index (χ1n) is 8.99. The van der Waals surface area contributed by atoms with Crippen molar-refractivity contribution in [1.29, 1.82) is 0 Å². The van der Waals surface area contributed by atoms with Gasteiger partial charge in [0.1, 0.15) is 0 Å². The lowest BCUT2D eigenvalue weighted by atomic mass is 10.0. The number of hydrazone groups is 1. The highest BCUT2D eigenvalue weighted by atomic mass is 79.9. The highest BCUT2D eigenvalue weighted by Crippen LogP contribution is 2.36. The van der Waals surface area contributed by atoms with Crippen molar-refractivity contribution in [2.45, 2.75) is 27.2 Å². The van der Waals surface area contributed by atoms with Gasteiger partial charge in [0.25, 0.3) is 0 Å². The molecular weight excluding hydrogens is 440 g/mol. The van der Waals surface area contributed by atoms with Crippen LogP contribution in [0.3, 0.4) is 0 Å². The molecule has 0 aliphatic heterocycles. The molecule has 1 amide bonds. The van der Waals surface area contributed by atoms with E-state index in [0.29, 0.717) is 28.1 Å². The summed E-state index contributed by atoms with van der Waals surface area (Å²) in [5.74, 6) is -0.633. The van der Waals surface area contributed by atoms with Crippen molar-refractivity contribution in [3.8, 4) is 11.5 Å². The molecule has 2 N–H and O–H groups in total. The molecule has 0 atom stereocenters. The molecular formula is C21H23BrN2O5. The van der Waals surface area contributed by atoms with E-state index in [1.165, 1.54) is 6.21 Å². The first-order valence-corrected chi connectivity index (χ1v) is 9.78. The van der Waals surface area contributed by atoms with Gasteiger partial charge in [-0.05, 0) is 65.5 Å². The molecule has 7 nitrogen and oxygen atoms in total. The van der Waals surface area contributed by atoms with E-state index >= 15 is 0 Å². The fraction of sp³-hybridized carbons (Fsp3) is 0.286. The number of rotatable bonds is 9. The lowest BCUT2D eigenvalue weighted by Gasteiger charge is -2.13. The molecule has 154 valence electrons. The van der Waals surface area contributed by atoms with E-state index < -0.39 is 12.6 Å². The standard InChI is InChI=1S/C21H23BrN2O5/c1-4-28-18-9-15(8-17(22)21(18)29-12-20(26)27)11-23-24-19(25)10-16-6-5-13(2)7-14(16)3/h5-9,11H,4,10,12H2,1-3H3,(H,24,25)(H,26,27)/b23-11-. The van der Waals surface area contributed by atoms with Crippen LogP contribution in [0.1, 0.15) is 29.2 Å². The summed E-state index contributed by atoms with van der Waals surface area (Å²) in [5, 5.41) is 12.8. The quantitative estimate of drug-likeness (QED) is 0.438. The number of carbonyl (C=O) groups is 2. The molecule has 0 heterocycles. The van der Waals surface area contributed by atoms with Crippen LogP contribution in [0.15, 0.2) is 39.9 Å². The minimum absolute atomic E-state index is 0.223. The maximum absolute atomic E-state index is 12.1. The lowest BCUT2D eigenvalue weighted by Crippen LogP contribution is -2.20. The first-order chi connectivity index (χ1) is 13.8. The minimum atomic E-state index is -1.09. The monoisotopic (exact) mass is 462 g/mol. The number of halogens is 1. The summed E-state index contributed by atoms with van der Waals surface area (Å²) in [6.45, 7) is 5.68. The number of hydrogen-bond donors (Lipinski definition) is 2. The van der Waals surface area contributed by atoms with Crippen LogP contribution >= 0.6 is 15.9 Å². The molecule has 8 heteroatoms. The topological polar surface area (TPSA) is 97.2 Å². The van der Waals surface area contributed by atoms with Crippen molar-refractivity contribution < 1.29 is 24.2 Å². The van der Waals surface area contributed by atoms with E-state index in [4.69, 9.17) is 14.6 Å². The number of carbonyl (C=O) groups excluding carboxylic acids is 1. The third-order valence-electron chi connectivity index (χ3n) is 3.92. The summed E-state index contributed by atoms with van der Waals surface area (Å²) in [6.07, 6.45) is 1.72. The Hall–Kier alpha value is -2.87. The SMILES string of the molecule is CCOc1cc(/C=N\NC(=O)Cc2ccc(C)cc2C)cc(Br)c1OCC(=O)O. The fourth-order valence-corrected chi connectivity index (χ4v) is 3.21. The predicted molar refractivity (Wildman–Crippen MR) is 114 cm³/mol. The maximum atomic E-state index is 12.1. The zero-order chi connectivity index (χ0) is 21.4. The zero-order valence-electron chi connectivity index (χ0n) is 16.5. The second-order valence-electron chi connectivity index (χ2n) is 6.35. The molecule has 2 aromatic carbocycles. The highest BCUT2D eigenvalue weighted by molar-refractivity contribution is 9.10. The first kappa shape index (κ1) is 22.4. The molecule has 0 aliphatic rings. The van der Waals surface area contributed by atoms with Gasteiger partial charge in [-0.15, -0.1) is 0 Å². The predicted octanol–water partition coefficient (Wildman–Crippen LogP) is 3.62. The summed E-state index contributed by atoms with van der Waals surface area (Å²) in [5.41, 5.74) is 6.32. The second kappa shape index (κ2) is 10.6. The number of amides is 1. The molecule has 0 unspecified atom stereocenters.